The van der Waals surface area contributed by atoms with Crippen LogP contribution in [0.3, 0.4) is 0 Å². The van der Waals surface area contributed by atoms with Gasteiger partial charge in [-0.25, -0.2) is 8.42 Å². The van der Waals surface area contributed by atoms with Crippen molar-refractivity contribution in [2.24, 2.45) is 0 Å². The molecule has 1 aromatic heterocycles. The molecular weight excluding hydrogens is 234 g/mol. The molecule has 0 fully saturated rings. The highest BCUT2D eigenvalue weighted by Crippen LogP contribution is 2.11. The van der Waals surface area contributed by atoms with Crippen LogP contribution in [-0.2, 0) is 16.3 Å². The van der Waals surface area contributed by atoms with Gasteiger partial charge in [-0.3, -0.25) is 4.98 Å². The van der Waals surface area contributed by atoms with E-state index in [9.17, 15) is 8.42 Å². The molecule has 0 bridgehead atoms. The second-order valence-electron chi connectivity index (χ2n) is 3.66. The van der Waals surface area contributed by atoms with Crippen molar-refractivity contribution in [2.75, 3.05) is 12.0 Å². The predicted molar refractivity (Wildman–Crippen MR) is 62.0 cm³/mol. The largest absolute Gasteiger partial charge is 0.261 e. The zero-order valence-corrected chi connectivity index (χ0v) is 10.3. The normalized spacial score (nSPS) is 13.8. The summed E-state index contributed by atoms with van der Waals surface area (Å²) in [6, 6.07) is 3.78. The number of halogens is 1. The van der Waals surface area contributed by atoms with Crippen molar-refractivity contribution in [2.45, 2.75) is 18.7 Å². The Hall–Kier alpha value is -0.610. The maximum Gasteiger partial charge on any atom is 0.148 e. The van der Waals surface area contributed by atoms with Crippen LogP contribution in [0.25, 0.3) is 0 Å². The van der Waals surface area contributed by atoms with E-state index in [-0.39, 0.29) is 5.75 Å². The molecule has 0 aromatic carbocycles. The molecule has 0 saturated heterocycles. The molecule has 0 spiro atoms. The summed E-state index contributed by atoms with van der Waals surface area (Å²) in [6.07, 6.45) is 3.36. The maximum atomic E-state index is 11.0. The summed E-state index contributed by atoms with van der Waals surface area (Å²) in [4.78, 5) is 4.17. The first kappa shape index (κ1) is 12.5. The van der Waals surface area contributed by atoms with Crippen molar-refractivity contribution in [1.82, 2.24) is 4.98 Å². The van der Waals surface area contributed by atoms with Gasteiger partial charge < -0.3 is 0 Å². The van der Waals surface area contributed by atoms with Gasteiger partial charge in [0.2, 0.25) is 0 Å². The number of sulfone groups is 1. The third kappa shape index (κ3) is 4.62. The van der Waals surface area contributed by atoms with Gasteiger partial charge in [-0.1, -0.05) is 6.07 Å². The molecule has 0 N–H and O–H groups in total. The standard InChI is InChI=1S/C10H14ClNO2S/c1-8-4-3-5-12-10(8)6-9(11)7-15(2,13)14/h3-5,9H,6-7H2,1-2H3. The first-order valence-corrected chi connectivity index (χ1v) is 7.10. The molecule has 0 radical (unpaired) electrons. The van der Waals surface area contributed by atoms with Crippen LogP contribution >= 0.6 is 11.6 Å². The summed E-state index contributed by atoms with van der Waals surface area (Å²) in [5, 5.41) is -0.409. The minimum absolute atomic E-state index is 0.00936. The third-order valence-electron chi connectivity index (χ3n) is 2.02. The van der Waals surface area contributed by atoms with E-state index in [2.05, 4.69) is 4.98 Å². The van der Waals surface area contributed by atoms with Crippen molar-refractivity contribution in [3.05, 3.63) is 29.6 Å². The number of hydrogen-bond acceptors (Lipinski definition) is 3. The van der Waals surface area contributed by atoms with E-state index in [1.165, 1.54) is 6.26 Å². The Bertz CT molecular complexity index is 431. The van der Waals surface area contributed by atoms with Crippen molar-refractivity contribution in [3.63, 3.8) is 0 Å². The monoisotopic (exact) mass is 247 g/mol. The van der Waals surface area contributed by atoms with E-state index in [0.29, 0.717) is 6.42 Å². The molecule has 3 nitrogen and oxygen atoms in total. The summed E-state index contributed by atoms with van der Waals surface area (Å²) in [5.41, 5.74) is 1.90. The van der Waals surface area contributed by atoms with E-state index < -0.39 is 15.2 Å². The van der Waals surface area contributed by atoms with Crippen LogP contribution in [0.4, 0.5) is 0 Å². The molecule has 1 unspecified atom stereocenters. The lowest BCUT2D eigenvalue weighted by atomic mass is 10.1. The summed E-state index contributed by atoms with van der Waals surface area (Å²) in [6.45, 7) is 1.94. The highest BCUT2D eigenvalue weighted by molar-refractivity contribution is 7.90. The topological polar surface area (TPSA) is 47.0 Å². The van der Waals surface area contributed by atoms with E-state index >= 15 is 0 Å². The predicted octanol–water partition coefficient (Wildman–Crippen LogP) is 1.58. The van der Waals surface area contributed by atoms with Gasteiger partial charge in [0.25, 0.3) is 0 Å². The van der Waals surface area contributed by atoms with Crippen molar-refractivity contribution in [3.8, 4) is 0 Å². The Morgan fingerprint density at radius 1 is 1.53 bits per heavy atom. The number of pyridine rings is 1. The van der Waals surface area contributed by atoms with E-state index in [1.54, 1.807) is 6.20 Å². The minimum atomic E-state index is -3.02. The van der Waals surface area contributed by atoms with E-state index in [4.69, 9.17) is 11.6 Å². The Morgan fingerprint density at radius 3 is 2.73 bits per heavy atom. The maximum absolute atomic E-state index is 11.0. The first-order chi connectivity index (χ1) is 6.88. The lowest BCUT2D eigenvalue weighted by Gasteiger charge is -2.09. The van der Waals surface area contributed by atoms with Gasteiger partial charge in [0.05, 0.1) is 11.1 Å². The molecule has 1 atom stereocenters. The average molecular weight is 248 g/mol. The Balaban J connectivity index is 2.67. The molecule has 0 aliphatic heterocycles. The second-order valence-corrected chi connectivity index (χ2v) is 6.46. The minimum Gasteiger partial charge on any atom is -0.261 e. The van der Waals surface area contributed by atoms with Crippen LogP contribution < -0.4 is 0 Å². The van der Waals surface area contributed by atoms with Gasteiger partial charge in [0, 0.05) is 24.6 Å². The number of alkyl halides is 1. The molecule has 1 rings (SSSR count). The van der Waals surface area contributed by atoms with Gasteiger partial charge in [-0.2, -0.15) is 0 Å². The van der Waals surface area contributed by atoms with Crippen LogP contribution in [0.2, 0.25) is 0 Å². The van der Waals surface area contributed by atoms with Gasteiger partial charge >= 0.3 is 0 Å². The highest BCUT2D eigenvalue weighted by Gasteiger charge is 2.14. The van der Waals surface area contributed by atoms with Gasteiger partial charge in [0.1, 0.15) is 9.84 Å². The molecule has 0 saturated carbocycles. The SMILES string of the molecule is Cc1cccnc1CC(Cl)CS(C)(=O)=O. The number of aromatic nitrogens is 1. The van der Waals surface area contributed by atoms with Crippen LogP contribution in [0.15, 0.2) is 18.3 Å². The van der Waals surface area contributed by atoms with Gasteiger partial charge in [0.15, 0.2) is 0 Å². The van der Waals surface area contributed by atoms with Gasteiger partial charge in [-0.15, -0.1) is 11.6 Å². The Morgan fingerprint density at radius 2 is 2.20 bits per heavy atom. The second kappa shape index (κ2) is 4.94. The van der Waals surface area contributed by atoms with Crippen LogP contribution in [0.5, 0.6) is 0 Å². The van der Waals surface area contributed by atoms with Gasteiger partial charge in [-0.05, 0) is 18.6 Å². The van der Waals surface area contributed by atoms with Crippen molar-refractivity contribution in [1.29, 1.82) is 0 Å². The number of aryl methyl sites for hydroxylation is 1. The molecule has 1 aromatic rings. The Kier molecular flexibility index (Phi) is 4.11. The van der Waals surface area contributed by atoms with E-state index in [0.717, 1.165) is 11.3 Å². The molecule has 0 amide bonds. The average Bonchev–Trinajstić information content (AvgIpc) is 2.05. The quantitative estimate of drug-likeness (QED) is 0.759. The fourth-order valence-corrected chi connectivity index (χ4v) is 2.94. The van der Waals surface area contributed by atoms with Crippen LogP contribution in [-0.4, -0.2) is 30.8 Å². The lowest BCUT2D eigenvalue weighted by Crippen LogP contribution is -2.18. The van der Waals surface area contributed by atoms with E-state index in [1.807, 2.05) is 19.1 Å². The smallest absolute Gasteiger partial charge is 0.148 e. The number of rotatable bonds is 4. The Labute approximate surface area is 95.4 Å². The van der Waals surface area contributed by atoms with Crippen molar-refractivity contribution >= 4 is 21.4 Å². The fourth-order valence-electron chi connectivity index (χ4n) is 1.33. The molecule has 84 valence electrons. The van der Waals surface area contributed by atoms with Crippen LogP contribution in [0.1, 0.15) is 11.3 Å². The lowest BCUT2D eigenvalue weighted by molar-refractivity contribution is 0.599. The molecule has 0 aliphatic rings. The summed E-state index contributed by atoms with van der Waals surface area (Å²) in [5.74, 6) is -0.00936. The first-order valence-electron chi connectivity index (χ1n) is 4.61. The molecule has 5 heteroatoms. The summed E-state index contributed by atoms with van der Waals surface area (Å²) >= 11 is 5.95. The molecule has 0 aliphatic carbocycles. The molecular formula is C10H14ClNO2S. The highest BCUT2D eigenvalue weighted by atomic mass is 35.5. The summed E-state index contributed by atoms with van der Waals surface area (Å²) < 4.78 is 22.0. The molecule has 1 heterocycles. The van der Waals surface area contributed by atoms with Crippen molar-refractivity contribution < 1.29 is 8.42 Å². The number of nitrogens with zero attached hydrogens (tertiary/aromatic N) is 1. The zero-order chi connectivity index (χ0) is 11.5. The fraction of sp³-hybridized carbons (Fsp3) is 0.500. The number of hydrogen-bond donors (Lipinski definition) is 0. The zero-order valence-electron chi connectivity index (χ0n) is 8.77. The summed E-state index contributed by atoms with van der Waals surface area (Å²) in [7, 11) is -3.02. The molecule has 15 heavy (non-hydrogen) atoms. The van der Waals surface area contributed by atoms with Crippen LogP contribution in [0, 0.1) is 6.92 Å². The third-order valence-corrected chi connectivity index (χ3v) is 3.52.